The predicted molar refractivity (Wildman–Crippen MR) is 139 cm³/mol. The molecule has 12 heteroatoms. The Hall–Kier alpha value is -5.26. The Morgan fingerprint density at radius 3 is 1.24 bits per heavy atom. The fourth-order valence-electron chi connectivity index (χ4n) is 4.75. The lowest BCUT2D eigenvalue weighted by Gasteiger charge is -2.35. The Morgan fingerprint density at radius 1 is 0.524 bits per heavy atom. The number of benzene rings is 2. The smallest absolute Gasteiger partial charge is 0.262 e. The zero-order valence-corrected chi connectivity index (χ0v) is 21.1. The molecule has 2 aliphatic heterocycles. The van der Waals surface area contributed by atoms with E-state index in [1.54, 1.807) is 24.3 Å². The van der Waals surface area contributed by atoms with Gasteiger partial charge in [-0.2, -0.15) is 27.7 Å². The molecule has 0 fully saturated rings. The molecule has 6 rings (SSSR count). The first kappa shape index (κ1) is 26.9. The van der Waals surface area contributed by atoms with E-state index in [2.05, 4.69) is 0 Å². The van der Waals surface area contributed by atoms with Gasteiger partial charge in [0.15, 0.2) is 35.2 Å². The molecule has 2 heterocycles. The van der Waals surface area contributed by atoms with Crippen LogP contribution in [0.25, 0.3) is 11.1 Å². The Labute approximate surface area is 234 Å². The second kappa shape index (κ2) is 10.3. The maximum absolute atomic E-state index is 14.6. The van der Waals surface area contributed by atoms with Gasteiger partial charge >= 0.3 is 0 Å². The second-order valence-corrected chi connectivity index (χ2v) is 9.34. The van der Waals surface area contributed by atoms with Crippen molar-refractivity contribution in [2.24, 2.45) is 0 Å². The van der Waals surface area contributed by atoms with Gasteiger partial charge in [-0.05, 0) is 47.5 Å². The molecule has 0 saturated heterocycles. The number of nitrogens with zero attached hydrogens (tertiary/aromatic N) is 2. The number of fused-ring (bicyclic) bond motifs is 2. The highest BCUT2D eigenvalue weighted by Crippen LogP contribution is 2.41. The molecule has 0 spiro atoms. The Morgan fingerprint density at radius 2 is 0.881 bits per heavy atom. The minimum atomic E-state index is -1.76. The summed E-state index contributed by atoms with van der Waals surface area (Å²) in [6, 6.07) is 9.21. The van der Waals surface area contributed by atoms with Crippen molar-refractivity contribution in [3.8, 4) is 22.6 Å². The summed E-state index contributed by atoms with van der Waals surface area (Å²) in [5, 5.41) is 21.2. The summed E-state index contributed by atoms with van der Waals surface area (Å²) in [5.74, 6) is -10.5. The Kier molecular flexibility index (Phi) is 6.60. The standard InChI is InChI=1S/C30H18F6N2O4/c31-23-19-3-1-5-21(39)27(19)37(29(35)25(23)33)41-17-11-7-15(8-12-17)16-9-13-18(14-10-16)42-38-28-20(4-2-6-22(28)40)24(32)26(34)30(38)36/h1-14,27-28,39-40H. The van der Waals surface area contributed by atoms with Crippen LogP contribution in [0.15, 0.2) is 143 Å². The number of hydrogen-bond acceptors (Lipinski definition) is 6. The van der Waals surface area contributed by atoms with Crippen molar-refractivity contribution in [2.75, 3.05) is 0 Å². The van der Waals surface area contributed by atoms with E-state index in [1.807, 2.05) is 0 Å². The van der Waals surface area contributed by atoms with E-state index in [9.17, 15) is 36.6 Å². The number of rotatable bonds is 5. The molecule has 0 radical (unpaired) electrons. The van der Waals surface area contributed by atoms with Crippen LogP contribution in [-0.2, 0) is 0 Å². The van der Waals surface area contributed by atoms with Gasteiger partial charge in [0.25, 0.3) is 11.9 Å². The third-order valence-electron chi connectivity index (χ3n) is 6.80. The molecular weight excluding hydrogens is 566 g/mol. The van der Waals surface area contributed by atoms with Gasteiger partial charge < -0.3 is 19.9 Å². The summed E-state index contributed by atoms with van der Waals surface area (Å²) in [6.07, 6.45) is 7.39. The van der Waals surface area contributed by atoms with Crippen molar-refractivity contribution < 1.29 is 46.2 Å². The van der Waals surface area contributed by atoms with Crippen molar-refractivity contribution >= 4 is 0 Å². The van der Waals surface area contributed by atoms with Gasteiger partial charge in [0.2, 0.25) is 11.7 Å². The highest BCUT2D eigenvalue weighted by molar-refractivity contribution is 5.65. The average Bonchev–Trinajstić information content (AvgIpc) is 3.00. The summed E-state index contributed by atoms with van der Waals surface area (Å²) in [4.78, 5) is 10.9. The van der Waals surface area contributed by atoms with Crippen molar-refractivity contribution in [1.82, 2.24) is 10.1 Å². The highest BCUT2D eigenvalue weighted by atomic mass is 19.2. The molecular formula is C30H18F6N2O4. The Balaban J connectivity index is 1.18. The zero-order valence-electron chi connectivity index (χ0n) is 21.1. The average molecular weight is 584 g/mol. The number of hydroxylamine groups is 4. The third kappa shape index (κ3) is 4.41. The van der Waals surface area contributed by atoms with Crippen LogP contribution in [0.4, 0.5) is 26.3 Å². The van der Waals surface area contributed by atoms with Crippen LogP contribution >= 0.6 is 0 Å². The molecule has 42 heavy (non-hydrogen) atoms. The molecule has 0 aromatic heterocycles. The van der Waals surface area contributed by atoms with E-state index in [0.29, 0.717) is 21.3 Å². The quantitative estimate of drug-likeness (QED) is 0.274. The van der Waals surface area contributed by atoms with Crippen LogP contribution in [0.3, 0.4) is 0 Å². The topological polar surface area (TPSA) is 65.4 Å². The van der Waals surface area contributed by atoms with Gasteiger partial charge in [-0.3, -0.25) is 0 Å². The van der Waals surface area contributed by atoms with Crippen molar-refractivity contribution in [1.29, 1.82) is 0 Å². The molecule has 4 aliphatic rings. The van der Waals surface area contributed by atoms with Crippen LogP contribution in [0.2, 0.25) is 0 Å². The van der Waals surface area contributed by atoms with E-state index in [0.717, 1.165) is 0 Å². The van der Waals surface area contributed by atoms with Gasteiger partial charge in [-0.15, -0.1) is 0 Å². The number of allylic oxidation sites excluding steroid dienone is 8. The normalized spacial score (nSPS) is 21.9. The number of hydrogen-bond donors (Lipinski definition) is 2. The molecule has 2 N–H and O–H groups in total. The van der Waals surface area contributed by atoms with Gasteiger partial charge in [0, 0.05) is 11.1 Å². The van der Waals surface area contributed by atoms with Crippen LogP contribution in [0.5, 0.6) is 11.5 Å². The summed E-state index contributed by atoms with van der Waals surface area (Å²) in [6.45, 7) is 0. The number of halogens is 6. The monoisotopic (exact) mass is 584 g/mol. The van der Waals surface area contributed by atoms with E-state index in [-0.39, 0.29) is 22.6 Å². The molecule has 2 unspecified atom stereocenters. The lowest BCUT2D eigenvalue weighted by Crippen LogP contribution is -2.42. The van der Waals surface area contributed by atoms with Crippen molar-refractivity contribution in [3.63, 3.8) is 0 Å². The predicted octanol–water partition coefficient (Wildman–Crippen LogP) is 8.00. The maximum Gasteiger partial charge on any atom is 0.262 e. The van der Waals surface area contributed by atoms with Crippen molar-refractivity contribution in [3.05, 3.63) is 143 Å². The number of aliphatic hydroxyl groups is 2. The first-order chi connectivity index (χ1) is 20.2. The van der Waals surface area contributed by atoms with E-state index in [4.69, 9.17) is 9.68 Å². The van der Waals surface area contributed by atoms with Gasteiger partial charge in [-0.25, -0.2) is 8.78 Å². The summed E-state index contributed by atoms with van der Waals surface area (Å²) >= 11 is 0. The summed E-state index contributed by atoms with van der Waals surface area (Å²) in [7, 11) is 0. The molecule has 2 aliphatic carbocycles. The van der Waals surface area contributed by atoms with Crippen LogP contribution in [0, 0.1) is 0 Å². The van der Waals surface area contributed by atoms with Crippen LogP contribution < -0.4 is 9.68 Å². The molecule has 2 aromatic rings. The van der Waals surface area contributed by atoms with E-state index in [1.165, 1.54) is 60.7 Å². The van der Waals surface area contributed by atoms with Crippen LogP contribution in [0.1, 0.15) is 0 Å². The highest BCUT2D eigenvalue weighted by Gasteiger charge is 2.42. The molecule has 0 bridgehead atoms. The number of aliphatic hydroxyl groups excluding tert-OH is 2. The molecule has 0 saturated carbocycles. The van der Waals surface area contributed by atoms with E-state index < -0.39 is 58.8 Å². The fourth-order valence-corrected chi connectivity index (χ4v) is 4.75. The SMILES string of the molecule is OC1=CC=CC2=C(F)C(F)=C(F)N(Oc3ccc(-c4ccc(ON5C(F)=C(F)C(F)=C6C=CC=C(O)C65)cc4)cc3)C12. The van der Waals surface area contributed by atoms with Gasteiger partial charge in [0.05, 0.1) is 0 Å². The maximum atomic E-state index is 14.6. The van der Waals surface area contributed by atoms with Gasteiger partial charge in [-0.1, -0.05) is 48.6 Å². The molecule has 214 valence electrons. The molecule has 2 aromatic carbocycles. The summed E-state index contributed by atoms with van der Waals surface area (Å²) < 4.78 is 86.1. The minimum absolute atomic E-state index is 0.0468. The molecule has 6 nitrogen and oxygen atoms in total. The van der Waals surface area contributed by atoms with Crippen molar-refractivity contribution in [2.45, 2.75) is 12.1 Å². The van der Waals surface area contributed by atoms with Crippen LogP contribution in [-0.4, -0.2) is 32.4 Å². The third-order valence-corrected chi connectivity index (χ3v) is 6.80. The first-order valence-corrected chi connectivity index (χ1v) is 12.4. The van der Waals surface area contributed by atoms with Gasteiger partial charge in [0.1, 0.15) is 11.5 Å². The largest absolute Gasteiger partial charge is 0.510 e. The lowest BCUT2D eigenvalue weighted by atomic mass is 9.96. The Bertz CT molecular complexity index is 1590. The zero-order chi connectivity index (χ0) is 29.7. The first-order valence-electron chi connectivity index (χ1n) is 12.4. The molecule has 2 atom stereocenters. The minimum Gasteiger partial charge on any atom is -0.510 e. The fraction of sp³-hybridized carbons (Fsp3) is 0.0667. The lowest BCUT2D eigenvalue weighted by molar-refractivity contribution is -0.0768. The summed E-state index contributed by atoms with van der Waals surface area (Å²) in [5.41, 5.74) is 0.647. The molecule has 0 amide bonds. The van der Waals surface area contributed by atoms with E-state index >= 15 is 0 Å². The second-order valence-electron chi connectivity index (χ2n) is 9.34.